The summed E-state index contributed by atoms with van der Waals surface area (Å²) in [5.74, 6) is 2.18. The second-order valence-corrected chi connectivity index (χ2v) is 3.63. The normalized spacial score (nSPS) is 10.4. The van der Waals surface area contributed by atoms with Crippen molar-refractivity contribution in [3.63, 3.8) is 0 Å². The molecule has 5 nitrogen and oxygen atoms in total. The van der Waals surface area contributed by atoms with Gasteiger partial charge in [0.25, 0.3) is 0 Å². The minimum atomic E-state index is 0.650. The quantitative estimate of drug-likeness (QED) is 0.846. The molecule has 0 atom stereocenters. The van der Waals surface area contributed by atoms with Crippen LogP contribution >= 0.6 is 0 Å². The highest BCUT2D eigenvalue weighted by molar-refractivity contribution is 5.35. The highest BCUT2D eigenvalue weighted by atomic mass is 16.5. The number of pyridine rings is 1. The summed E-state index contributed by atoms with van der Waals surface area (Å²) in [5.41, 5.74) is 1.15. The summed E-state index contributed by atoms with van der Waals surface area (Å²) in [4.78, 5) is 8.35. The highest BCUT2D eigenvalue weighted by Crippen LogP contribution is 2.04. The molecule has 0 radical (unpaired) electrons. The predicted octanol–water partition coefficient (Wildman–Crippen LogP) is 1.74. The van der Waals surface area contributed by atoms with E-state index in [1.165, 1.54) is 0 Å². The number of nitrogens with one attached hydrogen (secondary N) is 1. The van der Waals surface area contributed by atoms with E-state index in [-0.39, 0.29) is 0 Å². The predicted molar refractivity (Wildman–Crippen MR) is 60.2 cm³/mol. The molecule has 0 bridgehead atoms. The average molecular weight is 218 g/mol. The Morgan fingerprint density at radius 2 is 2.19 bits per heavy atom. The SMILES string of the molecule is Cc1ccc(NCCc2nc(C)no2)nc1. The van der Waals surface area contributed by atoms with Crippen LogP contribution in [0.2, 0.25) is 0 Å². The van der Waals surface area contributed by atoms with Crippen LogP contribution in [0, 0.1) is 13.8 Å². The topological polar surface area (TPSA) is 63.8 Å². The number of nitrogens with zero attached hydrogens (tertiary/aromatic N) is 3. The van der Waals surface area contributed by atoms with Gasteiger partial charge in [0.15, 0.2) is 5.82 Å². The van der Waals surface area contributed by atoms with E-state index in [0.717, 1.165) is 17.9 Å². The molecule has 0 saturated heterocycles. The molecule has 0 aliphatic carbocycles. The third-order valence-electron chi connectivity index (χ3n) is 2.13. The molecule has 0 aromatic carbocycles. The maximum absolute atomic E-state index is 5.00. The molecule has 0 unspecified atom stereocenters. The van der Waals surface area contributed by atoms with Gasteiger partial charge in [-0.25, -0.2) is 4.98 Å². The zero-order valence-corrected chi connectivity index (χ0v) is 9.40. The maximum atomic E-state index is 5.00. The summed E-state index contributed by atoms with van der Waals surface area (Å²) in [6.45, 7) is 4.55. The molecule has 1 N–H and O–H groups in total. The molecule has 0 spiro atoms. The highest BCUT2D eigenvalue weighted by Gasteiger charge is 2.01. The molecule has 0 aliphatic heterocycles. The lowest BCUT2D eigenvalue weighted by Crippen LogP contribution is -2.06. The van der Waals surface area contributed by atoms with E-state index >= 15 is 0 Å². The molecule has 2 aromatic rings. The van der Waals surface area contributed by atoms with Gasteiger partial charge in [-0.05, 0) is 25.5 Å². The maximum Gasteiger partial charge on any atom is 0.228 e. The molecule has 2 rings (SSSR count). The third-order valence-corrected chi connectivity index (χ3v) is 2.13. The van der Waals surface area contributed by atoms with E-state index in [1.54, 1.807) is 0 Å². The van der Waals surface area contributed by atoms with Gasteiger partial charge in [-0.15, -0.1) is 0 Å². The van der Waals surface area contributed by atoms with Gasteiger partial charge in [0.2, 0.25) is 5.89 Å². The zero-order chi connectivity index (χ0) is 11.4. The van der Waals surface area contributed by atoms with Crippen molar-refractivity contribution in [3.8, 4) is 0 Å². The zero-order valence-electron chi connectivity index (χ0n) is 9.40. The summed E-state index contributed by atoms with van der Waals surface area (Å²) < 4.78 is 5.00. The van der Waals surface area contributed by atoms with Crippen LogP contribution in [0.25, 0.3) is 0 Å². The summed E-state index contributed by atoms with van der Waals surface area (Å²) in [6.07, 6.45) is 2.54. The van der Waals surface area contributed by atoms with E-state index in [1.807, 2.05) is 32.2 Å². The van der Waals surface area contributed by atoms with Gasteiger partial charge in [0.05, 0.1) is 0 Å². The smallest absolute Gasteiger partial charge is 0.228 e. The van der Waals surface area contributed by atoms with E-state index in [0.29, 0.717) is 18.1 Å². The van der Waals surface area contributed by atoms with Gasteiger partial charge in [-0.2, -0.15) is 4.98 Å². The van der Waals surface area contributed by atoms with Crippen LogP contribution < -0.4 is 5.32 Å². The fraction of sp³-hybridized carbons (Fsp3) is 0.364. The molecular formula is C11H14N4O. The average Bonchev–Trinajstić information content (AvgIpc) is 2.67. The largest absolute Gasteiger partial charge is 0.370 e. The summed E-state index contributed by atoms with van der Waals surface area (Å²) in [7, 11) is 0. The minimum Gasteiger partial charge on any atom is -0.370 e. The third kappa shape index (κ3) is 2.79. The molecule has 16 heavy (non-hydrogen) atoms. The van der Waals surface area contributed by atoms with E-state index < -0.39 is 0 Å². The molecule has 2 heterocycles. The van der Waals surface area contributed by atoms with Gasteiger partial charge < -0.3 is 9.84 Å². The van der Waals surface area contributed by atoms with Crippen molar-refractivity contribution in [2.24, 2.45) is 0 Å². The van der Waals surface area contributed by atoms with E-state index in [9.17, 15) is 0 Å². The first kappa shape index (κ1) is 10.6. The number of hydrogen-bond donors (Lipinski definition) is 1. The lowest BCUT2D eigenvalue weighted by Gasteiger charge is -2.03. The number of rotatable bonds is 4. The van der Waals surface area contributed by atoms with Crippen molar-refractivity contribution in [3.05, 3.63) is 35.6 Å². The lowest BCUT2D eigenvalue weighted by molar-refractivity contribution is 0.377. The molecule has 0 fully saturated rings. The molecule has 0 aliphatic rings. The Bertz CT molecular complexity index is 449. The van der Waals surface area contributed by atoms with Gasteiger partial charge in [0, 0.05) is 19.2 Å². The summed E-state index contributed by atoms with van der Waals surface area (Å²) >= 11 is 0. The van der Waals surface area contributed by atoms with Crippen molar-refractivity contribution in [1.29, 1.82) is 0 Å². The number of hydrogen-bond acceptors (Lipinski definition) is 5. The Kier molecular flexibility index (Phi) is 3.14. The Morgan fingerprint density at radius 3 is 2.81 bits per heavy atom. The first-order valence-electron chi connectivity index (χ1n) is 5.20. The van der Waals surface area contributed by atoms with Gasteiger partial charge in [-0.3, -0.25) is 0 Å². The number of aromatic nitrogens is 3. The molecule has 2 aromatic heterocycles. The summed E-state index contributed by atoms with van der Waals surface area (Å²) in [5, 5.41) is 6.92. The van der Waals surface area contributed by atoms with Crippen LogP contribution in [-0.2, 0) is 6.42 Å². The van der Waals surface area contributed by atoms with Crippen molar-refractivity contribution in [2.75, 3.05) is 11.9 Å². The van der Waals surface area contributed by atoms with Crippen molar-refractivity contribution < 1.29 is 4.52 Å². The van der Waals surface area contributed by atoms with E-state index in [4.69, 9.17) is 4.52 Å². The fourth-order valence-corrected chi connectivity index (χ4v) is 1.31. The Morgan fingerprint density at radius 1 is 1.31 bits per heavy atom. The fourth-order valence-electron chi connectivity index (χ4n) is 1.31. The van der Waals surface area contributed by atoms with Crippen molar-refractivity contribution in [2.45, 2.75) is 20.3 Å². The lowest BCUT2D eigenvalue weighted by atomic mass is 10.3. The minimum absolute atomic E-state index is 0.650. The molecule has 0 saturated carbocycles. The summed E-state index contributed by atoms with van der Waals surface area (Å²) in [6, 6.07) is 3.97. The molecule has 5 heteroatoms. The van der Waals surface area contributed by atoms with Crippen molar-refractivity contribution >= 4 is 5.82 Å². The van der Waals surface area contributed by atoms with Crippen LogP contribution in [-0.4, -0.2) is 21.7 Å². The van der Waals surface area contributed by atoms with Crippen LogP contribution in [0.1, 0.15) is 17.3 Å². The van der Waals surface area contributed by atoms with Crippen LogP contribution in [0.4, 0.5) is 5.82 Å². The second kappa shape index (κ2) is 4.74. The molecular weight excluding hydrogens is 204 g/mol. The molecule has 84 valence electrons. The van der Waals surface area contributed by atoms with Gasteiger partial charge in [-0.1, -0.05) is 11.2 Å². The Balaban J connectivity index is 1.82. The second-order valence-electron chi connectivity index (χ2n) is 3.63. The Hall–Kier alpha value is -1.91. The first-order chi connectivity index (χ1) is 7.74. The number of aryl methyl sites for hydroxylation is 2. The monoisotopic (exact) mass is 218 g/mol. The van der Waals surface area contributed by atoms with Gasteiger partial charge >= 0.3 is 0 Å². The van der Waals surface area contributed by atoms with E-state index in [2.05, 4.69) is 20.4 Å². The van der Waals surface area contributed by atoms with Crippen LogP contribution in [0.15, 0.2) is 22.9 Å². The standard InChI is InChI=1S/C11H14N4O/c1-8-3-4-10(13-7-8)12-6-5-11-14-9(2)15-16-11/h3-4,7H,5-6H2,1-2H3,(H,12,13). The van der Waals surface area contributed by atoms with Crippen molar-refractivity contribution in [1.82, 2.24) is 15.1 Å². The van der Waals surface area contributed by atoms with Crippen LogP contribution in [0.3, 0.4) is 0 Å². The van der Waals surface area contributed by atoms with Crippen LogP contribution in [0.5, 0.6) is 0 Å². The first-order valence-corrected chi connectivity index (χ1v) is 5.20. The van der Waals surface area contributed by atoms with Gasteiger partial charge in [0.1, 0.15) is 5.82 Å². The number of anilines is 1. The molecule has 0 amide bonds. The Labute approximate surface area is 93.9 Å².